The lowest BCUT2D eigenvalue weighted by Crippen LogP contribution is -2.01. The van der Waals surface area contributed by atoms with Gasteiger partial charge < -0.3 is 14.4 Å². The van der Waals surface area contributed by atoms with Crippen molar-refractivity contribution < 1.29 is 4.42 Å². The summed E-state index contributed by atoms with van der Waals surface area (Å²) in [7, 11) is 0. The van der Waals surface area contributed by atoms with Crippen molar-refractivity contribution in [1.82, 2.24) is 9.97 Å². The lowest BCUT2D eigenvalue weighted by atomic mass is 9.88. The van der Waals surface area contributed by atoms with Crippen LogP contribution in [0.1, 0.15) is 28.6 Å². The Bertz CT molecular complexity index is 1120. The van der Waals surface area contributed by atoms with E-state index in [0.29, 0.717) is 5.88 Å². The van der Waals surface area contributed by atoms with Crippen LogP contribution in [-0.2, 0) is 5.88 Å². The number of para-hydroxylation sites is 2. The SMILES string of the molecule is ClCc1ccc(C(c2c[nH]c3ccccc23)c2c[nH]c3ccccc23)o1. The van der Waals surface area contributed by atoms with Crippen molar-refractivity contribution >= 4 is 33.4 Å². The van der Waals surface area contributed by atoms with Crippen LogP contribution in [-0.4, -0.2) is 9.97 Å². The predicted molar refractivity (Wildman–Crippen MR) is 106 cm³/mol. The number of alkyl halides is 1. The van der Waals surface area contributed by atoms with E-state index in [9.17, 15) is 0 Å². The van der Waals surface area contributed by atoms with E-state index in [-0.39, 0.29) is 5.92 Å². The van der Waals surface area contributed by atoms with Crippen molar-refractivity contribution in [1.29, 1.82) is 0 Å². The number of aromatic amines is 2. The van der Waals surface area contributed by atoms with Crippen LogP contribution in [0.25, 0.3) is 21.8 Å². The zero-order chi connectivity index (χ0) is 17.5. The highest BCUT2D eigenvalue weighted by molar-refractivity contribution is 6.16. The van der Waals surface area contributed by atoms with Gasteiger partial charge >= 0.3 is 0 Å². The van der Waals surface area contributed by atoms with E-state index < -0.39 is 0 Å². The fraction of sp³-hybridized carbons (Fsp3) is 0.0909. The van der Waals surface area contributed by atoms with Gasteiger partial charge in [-0.25, -0.2) is 0 Å². The lowest BCUT2D eigenvalue weighted by molar-refractivity contribution is 0.475. The van der Waals surface area contributed by atoms with E-state index in [1.165, 1.54) is 21.9 Å². The summed E-state index contributed by atoms with van der Waals surface area (Å²) in [6, 6.07) is 20.7. The first kappa shape index (κ1) is 15.4. The van der Waals surface area contributed by atoms with E-state index in [0.717, 1.165) is 22.6 Å². The first-order valence-corrected chi connectivity index (χ1v) is 9.15. The third-order valence-electron chi connectivity index (χ3n) is 4.96. The predicted octanol–water partition coefficient (Wildman–Crippen LogP) is 6.16. The molecule has 0 bridgehead atoms. The maximum Gasteiger partial charge on any atom is 0.118 e. The van der Waals surface area contributed by atoms with Crippen molar-refractivity contribution in [2.45, 2.75) is 11.8 Å². The maximum absolute atomic E-state index is 6.08. The minimum atomic E-state index is -0.0146. The quantitative estimate of drug-likeness (QED) is 0.370. The molecule has 5 rings (SSSR count). The number of nitrogens with one attached hydrogen (secondary N) is 2. The minimum absolute atomic E-state index is 0.0146. The molecule has 3 nitrogen and oxygen atoms in total. The number of fused-ring (bicyclic) bond motifs is 2. The second-order valence-corrected chi connectivity index (χ2v) is 6.72. The van der Waals surface area contributed by atoms with E-state index >= 15 is 0 Å². The fourth-order valence-electron chi connectivity index (χ4n) is 3.76. The zero-order valence-corrected chi connectivity index (χ0v) is 14.8. The Balaban J connectivity index is 1.78. The lowest BCUT2D eigenvalue weighted by Gasteiger charge is -2.14. The van der Waals surface area contributed by atoms with Gasteiger partial charge in [0.15, 0.2) is 0 Å². The fourth-order valence-corrected chi connectivity index (χ4v) is 3.90. The Kier molecular flexibility index (Phi) is 3.61. The maximum atomic E-state index is 6.08. The van der Waals surface area contributed by atoms with Gasteiger partial charge in [0.1, 0.15) is 11.5 Å². The van der Waals surface area contributed by atoms with Gasteiger partial charge in [-0.2, -0.15) is 0 Å². The summed E-state index contributed by atoms with van der Waals surface area (Å²) >= 11 is 5.98. The number of benzene rings is 2. The summed E-state index contributed by atoms with van der Waals surface area (Å²) in [5, 5.41) is 2.40. The van der Waals surface area contributed by atoms with E-state index in [1.807, 2.05) is 24.3 Å². The van der Waals surface area contributed by atoms with E-state index in [1.54, 1.807) is 0 Å². The molecule has 0 amide bonds. The van der Waals surface area contributed by atoms with Gasteiger partial charge in [-0.1, -0.05) is 36.4 Å². The van der Waals surface area contributed by atoms with Gasteiger partial charge in [-0.15, -0.1) is 11.6 Å². The third kappa shape index (κ3) is 2.36. The molecule has 0 radical (unpaired) electrons. The molecule has 0 spiro atoms. The normalized spacial score (nSPS) is 11.8. The number of halogens is 1. The standard InChI is InChI=1S/C22H17ClN2O/c23-11-14-9-10-21(26-14)22(17-12-24-19-7-3-1-5-15(17)19)18-13-25-20-8-4-2-6-16(18)20/h1-10,12-13,22,24-25H,11H2. The van der Waals surface area contributed by atoms with Gasteiger partial charge in [-0.3, -0.25) is 0 Å². The molecular weight excluding hydrogens is 344 g/mol. The van der Waals surface area contributed by atoms with Crippen molar-refractivity contribution in [2.24, 2.45) is 0 Å². The summed E-state index contributed by atoms with van der Waals surface area (Å²) < 4.78 is 6.08. The summed E-state index contributed by atoms with van der Waals surface area (Å²) in [4.78, 5) is 6.78. The van der Waals surface area contributed by atoms with Gasteiger partial charge in [-0.05, 0) is 35.4 Å². The average Bonchev–Trinajstić information content (AvgIpc) is 3.42. The molecule has 0 aliphatic carbocycles. The van der Waals surface area contributed by atoms with Gasteiger partial charge in [0.25, 0.3) is 0 Å². The molecule has 0 aliphatic heterocycles. The van der Waals surface area contributed by atoms with Crippen molar-refractivity contribution in [3.8, 4) is 0 Å². The molecule has 5 aromatic rings. The topological polar surface area (TPSA) is 44.7 Å². The van der Waals surface area contributed by atoms with Gasteiger partial charge in [0, 0.05) is 34.2 Å². The van der Waals surface area contributed by atoms with Gasteiger partial charge in [0.05, 0.1) is 11.8 Å². The van der Waals surface area contributed by atoms with Crippen LogP contribution >= 0.6 is 11.6 Å². The highest BCUT2D eigenvalue weighted by Gasteiger charge is 2.25. The van der Waals surface area contributed by atoms with Crippen LogP contribution in [0, 0.1) is 0 Å². The van der Waals surface area contributed by atoms with Gasteiger partial charge in [0.2, 0.25) is 0 Å². The number of hydrogen-bond donors (Lipinski definition) is 2. The monoisotopic (exact) mass is 360 g/mol. The Labute approximate surface area is 155 Å². The molecule has 0 aliphatic rings. The molecule has 2 N–H and O–H groups in total. The van der Waals surface area contributed by atoms with Crippen molar-refractivity contribution in [3.05, 3.63) is 95.7 Å². The first-order chi connectivity index (χ1) is 12.8. The van der Waals surface area contributed by atoms with Crippen LogP contribution in [0.5, 0.6) is 0 Å². The molecule has 0 saturated heterocycles. The number of H-pyrrole nitrogens is 2. The smallest absolute Gasteiger partial charge is 0.118 e. The van der Waals surface area contributed by atoms with Crippen molar-refractivity contribution in [2.75, 3.05) is 0 Å². The highest BCUT2D eigenvalue weighted by Crippen LogP contribution is 2.40. The summed E-state index contributed by atoms with van der Waals surface area (Å²) in [5.41, 5.74) is 4.63. The zero-order valence-electron chi connectivity index (χ0n) is 14.0. The second kappa shape index (κ2) is 6.11. The number of hydrogen-bond acceptors (Lipinski definition) is 1. The van der Waals surface area contributed by atoms with E-state index in [4.69, 9.17) is 16.0 Å². The Morgan fingerprint density at radius 1 is 0.769 bits per heavy atom. The highest BCUT2D eigenvalue weighted by atomic mass is 35.5. The number of aromatic nitrogens is 2. The first-order valence-electron chi connectivity index (χ1n) is 8.62. The van der Waals surface area contributed by atoms with E-state index in [2.05, 4.69) is 58.8 Å². The van der Waals surface area contributed by atoms with Crippen LogP contribution < -0.4 is 0 Å². The van der Waals surface area contributed by atoms with Crippen LogP contribution in [0.15, 0.2) is 77.5 Å². The summed E-state index contributed by atoms with van der Waals surface area (Å²) in [5.74, 6) is 2.04. The van der Waals surface area contributed by atoms with Crippen LogP contribution in [0.2, 0.25) is 0 Å². The average molecular weight is 361 g/mol. The Hall–Kier alpha value is -2.91. The van der Waals surface area contributed by atoms with Crippen LogP contribution in [0.3, 0.4) is 0 Å². The van der Waals surface area contributed by atoms with Crippen molar-refractivity contribution in [3.63, 3.8) is 0 Å². The van der Waals surface area contributed by atoms with Crippen LogP contribution in [0.4, 0.5) is 0 Å². The molecule has 0 unspecified atom stereocenters. The largest absolute Gasteiger partial charge is 0.464 e. The molecule has 2 aromatic carbocycles. The molecule has 128 valence electrons. The Morgan fingerprint density at radius 3 is 1.88 bits per heavy atom. The molecule has 0 fully saturated rings. The number of rotatable bonds is 4. The molecule has 0 atom stereocenters. The minimum Gasteiger partial charge on any atom is -0.464 e. The molecule has 3 aromatic heterocycles. The molecule has 3 heterocycles. The summed E-state index contributed by atoms with van der Waals surface area (Å²) in [6.07, 6.45) is 4.17. The third-order valence-corrected chi connectivity index (χ3v) is 5.23. The summed E-state index contributed by atoms with van der Waals surface area (Å²) in [6.45, 7) is 0. The Morgan fingerprint density at radius 2 is 1.35 bits per heavy atom. The molecule has 0 saturated carbocycles. The second-order valence-electron chi connectivity index (χ2n) is 6.45. The number of furan rings is 1. The molecule has 26 heavy (non-hydrogen) atoms. The molecule has 4 heteroatoms. The molecular formula is C22H17ClN2O.